The van der Waals surface area contributed by atoms with E-state index in [0.717, 1.165) is 0 Å². The molecule has 4 aromatic rings. The Hall–Kier alpha value is -2.69. The maximum Gasteiger partial charge on any atom is 2.00 e. The molecule has 0 heterocycles. The first kappa shape index (κ1) is 24.6. The summed E-state index contributed by atoms with van der Waals surface area (Å²) in [7, 11) is -8.79. The zero-order valence-corrected chi connectivity index (χ0v) is 18.0. The van der Waals surface area contributed by atoms with Crippen LogP contribution in [0.2, 0.25) is 0 Å². The summed E-state index contributed by atoms with van der Waals surface area (Å²) in [6.45, 7) is 0. The molecule has 0 aliphatic heterocycles. The molecule has 0 unspecified atom stereocenters. The maximum absolute atomic E-state index is 11.4. The summed E-state index contributed by atoms with van der Waals surface area (Å²) >= 11 is 0. The fraction of sp³-hybridized carbons (Fsp3) is 0. The van der Waals surface area contributed by atoms with Crippen molar-refractivity contribution < 1.29 is 52.6 Å². The van der Waals surface area contributed by atoms with E-state index in [-0.39, 0.29) is 48.6 Å². The van der Waals surface area contributed by atoms with Crippen LogP contribution in [0.1, 0.15) is 0 Å². The van der Waals surface area contributed by atoms with Crippen molar-refractivity contribution in [3.8, 4) is 11.5 Å². The Labute approximate surface area is 188 Å². The van der Waals surface area contributed by atoms with Crippen LogP contribution in [0.3, 0.4) is 0 Å². The number of hydrogen-bond donors (Lipinski definition) is 2. The summed E-state index contributed by atoms with van der Waals surface area (Å²) < 4.78 is 63.7. The molecule has 0 saturated heterocycles. The summed E-state index contributed by atoms with van der Waals surface area (Å²) in [4.78, 5) is -0.548. The summed E-state index contributed by atoms with van der Waals surface area (Å²) in [6, 6.07) is 17.1. The van der Waals surface area contributed by atoms with E-state index < -0.39 is 20.2 Å². The number of rotatable bonds is 2. The predicted molar refractivity (Wildman–Crippen MR) is 107 cm³/mol. The first-order valence-corrected chi connectivity index (χ1v) is 11.2. The predicted octanol–water partition coefficient (Wildman–Crippen LogP) is 2.61. The van der Waals surface area contributed by atoms with Crippen molar-refractivity contribution in [2.45, 2.75) is 9.79 Å². The van der Waals surface area contributed by atoms with E-state index in [9.17, 15) is 31.6 Å². The van der Waals surface area contributed by atoms with Crippen molar-refractivity contribution in [3.63, 3.8) is 0 Å². The average Bonchev–Trinajstić information content (AvgIpc) is 2.67. The standard InChI is InChI=1S/2C10H8O4S.Ni/c2*11-9-5-1-4-8-7(9)3-2-6-10(8)15(12,13)14;/h2*1-6,11H,(H,12,13,14);/q;;+2/p-2. The number of phenolic OH excluding ortho intramolecular Hbond substituents is 1. The van der Waals surface area contributed by atoms with E-state index in [1.807, 2.05) is 0 Å². The Morgan fingerprint density at radius 1 is 0.645 bits per heavy atom. The molecule has 0 bridgehead atoms. The second kappa shape index (κ2) is 9.21. The molecule has 8 nitrogen and oxygen atoms in total. The summed E-state index contributed by atoms with van der Waals surface area (Å²) in [5.74, 6) is -0.309. The van der Waals surface area contributed by atoms with Crippen LogP contribution in [0.5, 0.6) is 11.5 Å². The van der Waals surface area contributed by atoms with E-state index in [0.29, 0.717) is 10.8 Å². The van der Waals surface area contributed by atoms with E-state index in [1.54, 1.807) is 6.07 Å². The van der Waals surface area contributed by atoms with Crippen LogP contribution >= 0.6 is 0 Å². The van der Waals surface area contributed by atoms with Crippen LogP contribution in [0.25, 0.3) is 21.5 Å². The van der Waals surface area contributed by atoms with Crippen molar-refractivity contribution in [2.75, 3.05) is 0 Å². The Bertz CT molecular complexity index is 1350. The van der Waals surface area contributed by atoms with Gasteiger partial charge in [-0.3, -0.25) is 4.55 Å². The van der Waals surface area contributed by atoms with E-state index in [2.05, 4.69) is 0 Å². The Morgan fingerprint density at radius 2 is 1.10 bits per heavy atom. The van der Waals surface area contributed by atoms with Gasteiger partial charge in [0.1, 0.15) is 20.8 Å². The van der Waals surface area contributed by atoms with E-state index >= 15 is 0 Å². The van der Waals surface area contributed by atoms with Gasteiger partial charge in [0.05, 0.1) is 4.90 Å². The smallest absolute Gasteiger partial charge is 0.872 e. The minimum atomic E-state index is -4.54. The average molecular weight is 505 g/mol. The van der Waals surface area contributed by atoms with Gasteiger partial charge in [0.15, 0.2) is 0 Å². The first-order valence-electron chi connectivity index (χ1n) is 8.33. The van der Waals surface area contributed by atoms with Gasteiger partial charge >= 0.3 is 16.5 Å². The SMILES string of the molecule is O=S(=O)(O)c1cccc2c(O)cccc12.O=S(=O)([O-])c1cccc2c([O-])cccc12.[Ni+2]. The van der Waals surface area contributed by atoms with Gasteiger partial charge < -0.3 is 14.8 Å². The minimum Gasteiger partial charge on any atom is -0.872 e. The minimum absolute atomic E-state index is 0. The van der Waals surface area contributed by atoms with Crippen molar-refractivity contribution in [1.29, 1.82) is 0 Å². The second-order valence-electron chi connectivity index (χ2n) is 6.17. The van der Waals surface area contributed by atoms with Crippen LogP contribution < -0.4 is 5.11 Å². The van der Waals surface area contributed by atoms with Crippen molar-refractivity contribution in [2.24, 2.45) is 0 Å². The molecule has 0 spiro atoms. The van der Waals surface area contributed by atoms with Gasteiger partial charge in [-0.05, 0) is 29.0 Å². The molecule has 0 aliphatic rings. The molecule has 0 fully saturated rings. The Balaban J connectivity index is 0.000000213. The van der Waals surface area contributed by atoms with E-state index in [1.165, 1.54) is 66.7 Å². The maximum atomic E-state index is 11.4. The third kappa shape index (κ3) is 5.33. The van der Waals surface area contributed by atoms with Crippen molar-refractivity contribution in [1.82, 2.24) is 0 Å². The largest absolute Gasteiger partial charge is 2.00 e. The summed E-state index contributed by atoms with van der Waals surface area (Å²) in [5, 5.41) is 22.0. The molecule has 0 aliphatic carbocycles. The van der Waals surface area contributed by atoms with Gasteiger partial charge in [-0.15, -0.1) is 5.75 Å². The van der Waals surface area contributed by atoms with Crippen LogP contribution in [-0.2, 0) is 36.7 Å². The van der Waals surface area contributed by atoms with Gasteiger partial charge in [-0.2, -0.15) is 8.42 Å². The third-order valence-corrected chi connectivity index (χ3v) is 6.05. The summed E-state index contributed by atoms with van der Waals surface area (Å²) in [5.41, 5.74) is 0. The zero-order chi connectivity index (χ0) is 22.1. The molecule has 2 N–H and O–H groups in total. The van der Waals surface area contributed by atoms with Crippen LogP contribution in [-0.4, -0.2) is 31.0 Å². The van der Waals surface area contributed by atoms with Gasteiger partial charge in [-0.25, -0.2) is 8.42 Å². The Morgan fingerprint density at radius 3 is 1.68 bits per heavy atom. The molecule has 0 aromatic heterocycles. The third-order valence-electron chi connectivity index (χ3n) is 4.25. The zero-order valence-electron chi connectivity index (χ0n) is 15.4. The van der Waals surface area contributed by atoms with Gasteiger partial charge in [0, 0.05) is 10.8 Å². The number of aromatic hydroxyl groups is 1. The van der Waals surface area contributed by atoms with Crippen LogP contribution in [0, 0.1) is 0 Å². The molecule has 4 aromatic carbocycles. The van der Waals surface area contributed by atoms with Gasteiger partial charge in [-0.1, -0.05) is 54.6 Å². The number of hydrogen-bond acceptors (Lipinski definition) is 7. The molecule has 11 heteroatoms. The van der Waals surface area contributed by atoms with Gasteiger partial charge in [0.2, 0.25) is 0 Å². The van der Waals surface area contributed by atoms with Crippen molar-refractivity contribution >= 4 is 41.8 Å². The van der Waals surface area contributed by atoms with Crippen LogP contribution in [0.15, 0.2) is 82.6 Å². The molecule has 0 amide bonds. The molecular weight excluding hydrogens is 491 g/mol. The second-order valence-corrected chi connectivity index (χ2v) is 8.90. The Kier molecular flexibility index (Phi) is 7.30. The molecule has 0 saturated carbocycles. The first-order chi connectivity index (χ1) is 14.0. The number of phenols is 1. The van der Waals surface area contributed by atoms with Gasteiger partial charge in [0.25, 0.3) is 10.1 Å². The fourth-order valence-electron chi connectivity index (χ4n) is 2.96. The van der Waals surface area contributed by atoms with E-state index in [4.69, 9.17) is 4.55 Å². The molecule has 4 rings (SSSR count). The number of fused-ring (bicyclic) bond motifs is 2. The molecule has 0 radical (unpaired) electrons. The topological polar surface area (TPSA) is 155 Å². The molecule has 164 valence electrons. The molecular formula is C20H14NiO8S2. The number of benzene rings is 4. The fourth-order valence-corrected chi connectivity index (χ4v) is 4.36. The normalized spacial score (nSPS) is 11.4. The molecule has 0 atom stereocenters. The summed E-state index contributed by atoms with van der Waals surface area (Å²) in [6.07, 6.45) is 0. The van der Waals surface area contributed by atoms with Crippen LogP contribution in [0.4, 0.5) is 0 Å². The molecule has 31 heavy (non-hydrogen) atoms. The quantitative estimate of drug-likeness (QED) is 0.311. The monoisotopic (exact) mass is 504 g/mol. The van der Waals surface area contributed by atoms with Crippen molar-refractivity contribution in [3.05, 3.63) is 72.8 Å².